The van der Waals surface area contributed by atoms with Gasteiger partial charge in [0.2, 0.25) is 5.91 Å². The van der Waals surface area contributed by atoms with E-state index in [4.69, 9.17) is 21.7 Å². The summed E-state index contributed by atoms with van der Waals surface area (Å²) in [5.74, 6) is 1.48. The molecule has 144 valence electrons. The number of rotatable bonds is 8. The Balaban J connectivity index is 1.69. The van der Waals surface area contributed by atoms with Crippen LogP contribution >= 0.6 is 12.2 Å². The Morgan fingerprint density at radius 2 is 1.81 bits per heavy atom. The van der Waals surface area contributed by atoms with Gasteiger partial charge in [0.25, 0.3) is 0 Å². The smallest absolute Gasteiger partial charge is 0.238 e. The Morgan fingerprint density at radius 3 is 2.52 bits per heavy atom. The fourth-order valence-electron chi connectivity index (χ4n) is 2.41. The van der Waals surface area contributed by atoms with Gasteiger partial charge in [-0.15, -0.1) is 0 Å². The maximum absolute atomic E-state index is 12.0. The van der Waals surface area contributed by atoms with E-state index in [1.807, 2.05) is 55.5 Å². The second-order valence-electron chi connectivity index (χ2n) is 5.74. The highest BCUT2D eigenvalue weighted by molar-refractivity contribution is 7.80. The summed E-state index contributed by atoms with van der Waals surface area (Å²) in [5.41, 5.74) is 7.38. The predicted molar refractivity (Wildman–Crippen MR) is 110 cm³/mol. The van der Waals surface area contributed by atoms with Gasteiger partial charge in [-0.25, -0.2) is 0 Å². The summed E-state index contributed by atoms with van der Waals surface area (Å²) in [7, 11) is 1.63. The summed E-state index contributed by atoms with van der Waals surface area (Å²) in [6.07, 6.45) is 0.925. The quantitative estimate of drug-likeness (QED) is 0.478. The first-order valence-electron chi connectivity index (χ1n) is 8.78. The van der Waals surface area contributed by atoms with Crippen LogP contribution in [0.25, 0.3) is 0 Å². The molecule has 6 nitrogen and oxygen atoms in total. The molecule has 2 aromatic carbocycles. The Labute approximate surface area is 165 Å². The molecule has 0 saturated heterocycles. The van der Waals surface area contributed by atoms with Gasteiger partial charge in [-0.05, 0) is 54.9 Å². The maximum atomic E-state index is 12.0. The van der Waals surface area contributed by atoms with Gasteiger partial charge < -0.3 is 14.8 Å². The Bertz CT molecular complexity index is 750. The third kappa shape index (κ3) is 7.15. The van der Waals surface area contributed by atoms with E-state index in [0.717, 1.165) is 22.6 Å². The lowest BCUT2D eigenvalue weighted by molar-refractivity contribution is -0.121. The van der Waals surface area contributed by atoms with Crippen LogP contribution in [0.4, 0.5) is 0 Å². The van der Waals surface area contributed by atoms with Crippen molar-refractivity contribution in [2.45, 2.75) is 26.3 Å². The highest BCUT2D eigenvalue weighted by Gasteiger charge is 2.07. The molecule has 0 saturated carbocycles. The van der Waals surface area contributed by atoms with E-state index in [0.29, 0.717) is 31.1 Å². The minimum atomic E-state index is -0.144. The first-order valence-corrected chi connectivity index (χ1v) is 9.19. The van der Waals surface area contributed by atoms with Gasteiger partial charge in [0.1, 0.15) is 11.5 Å². The first-order chi connectivity index (χ1) is 13.1. The van der Waals surface area contributed by atoms with Crippen molar-refractivity contribution in [2.75, 3.05) is 13.7 Å². The fraction of sp³-hybridized carbons (Fsp3) is 0.300. The molecule has 0 aromatic heterocycles. The number of hydrogen-bond donors (Lipinski definition) is 3. The summed E-state index contributed by atoms with van der Waals surface area (Å²) >= 11 is 5.17. The minimum Gasteiger partial charge on any atom is -0.497 e. The van der Waals surface area contributed by atoms with Crippen molar-refractivity contribution in [3.63, 3.8) is 0 Å². The predicted octanol–water partition coefficient (Wildman–Crippen LogP) is 2.72. The van der Waals surface area contributed by atoms with Crippen LogP contribution in [-0.4, -0.2) is 24.7 Å². The standard InChI is InChI=1S/C20H25N3O3S/c1-3-26-18-7-5-4-6-16(18)10-13-19(24)22-23-20(27)21-14-15-8-11-17(25-2)12-9-15/h4-9,11-12H,3,10,13-14H2,1-2H3,(H,22,24)(H2,21,23,27). The number of hydrogen-bond acceptors (Lipinski definition) is 4. The molecule has 27 heavy (non-hydrogen) atoms. The third-order valence-electron chi connectivity index (χ3n) is 3.82. The summed E-state index contributed by atoms with van der Waals surface area (Å²) in [6, 6.07) is 15.4. The highest BCUT2D eigenvalue weighted by atomic mass is 32.1. The number of ether oxygens (including phenoxy) is 2. The monoisotopic (exact) mass is 387 g/mol. The van der Waals surface area contributed by atoms with Crippen LogP contribution in [-0.2, 0) is 17.8 Å². The molecule has 0 aliphatic carbocycles. The zero-order chi connectivity index (χ0) is 19.5. The van der Waals surface area contributed by atoms with E-state index in [1.54, 1.807) is 7.11 Å². The van der Waals surface area contributed by atoms with Crippen molar-refractivity contribution in [2.24, 2.45) is 0 Å². The molecule has 2 aromatic rings. The average molecular weight is 388 g/mol. The Kier molecular flexibility index (Phi) is 8.38. The second kappa shape index (κ2) is 11.0. The lowest BCUT2D eigenvalue weighted by Gasteiger charge is -2.13. The highest BCUT2D eigenvalue weighted by Crippen LogP contribution is 2.19. The normalized spacial score (nSPS) is 10.0. The number of nitrogens with one attached hydrogen (secondary N) is 3. The summed E-state index contributed by atoms with van der Waals surface area (Å²) < 4.78 is 10.7. The fourth-order valence-corrected chi connectivity index (χ4v) is 2.54. The van der Waals surface area contributed by atoms with E-state index in [2.05, 4.69) is 16.2 Å². The van der Waals surface area contributed by atoms with Crippen molar-refractivity contribution in [3.05, 3.63) is 59.7 Å². The van der Waals surface area contributed by atoms with E-state index >= 15 is 0 Å². The Morgan fingerprint density at radius 1 is 1.07 bits per heavy atom. The molecule has 7 heteroatoms. The van der Waals surface area contributed by atoms with Crippen molar-refractivity contribution in [1.29, 1.82) is 0 Å². The van der Waals surface area contributed by atoms with Crippen molar-refractivity contribution < 1.29 is 14.3 Å². The van der Waals surface area contributed by atoms with E-state index in [1.165, 1.54) is 0 Å². The SMILES string of the molecule is CCOc1ccccc1CCC(=O)NNC(=S)NCc1ccc(OC)cc1. The van der Waals surface area contributed by atoms with Gasteiger partial charge in [0, 0.05) is 13.0 Å². The Hall–Kier alpha value is -2.80. The zero-order valence-corrected chi connectivity index (χ0v) is 16.4. The number of amides is 1. The lowest BCUT2D eigenvalue weighted by atomic mass is 10.1. The molecule has 0 bridgehead atoms. The first kappa shape index (κ1) is 20.5. The van der Waals surface area contributed by atoms with Gasteiger partial charge in [-0.3, -0.25) is 15.6 Å². The molecule has 0 fully saturated rings. The van der Waals surface area contributed by atoms with E-state index in [-0.39, 0.29) is 5.91 Å². The number of benzene rings is 2. The van der Waals surface area contributed by atoms with Gasteiger partial charge in [0.15, 0.2) is 5.11 Å². The van der Waals surface area contributed by atoms with E-state index in [9.17, 15) is 4.79 Å². The number of carbonyl (C=O) groups is 1. The van der Waals surface area contributed by atoms with E-state index < -0.39 is 0 Å². The molecule has 0 heterocycles. The number of methoxy groups -OCH3 is 1. The van der Waals surface area contributed by atoms with Crippen molar-refractivity contribution in [3.8, 4) is 11.5 Å². The molecule has 0 aliphatic rings. The van der Waals surface area contributed by atoms with Crippen LogP contribution in [0.1, 0.15) is 24.5 Å². The molecular formula is C20H25N3O3S. The average Bonchev–Trinajstić information content (AvgIpc) is 2.70. The number of hydrazine groups is 1. The van der Waals surface area contributed by atoms with Gasteiger partial charge >= 0.3 is 0 Å². The molecule has 3 N–H and O–H groups in total. The van der Waals surface area contributed by atoms with Crippen LogP contribution < -0.4 is 25.6 Å². The molecular weight excluding hydrogens is 362 g/mol. The minimum absolute atomic E-state index is 0.144. The van der Waals surface area contributed by atoms with Crippen molar-refractivity contribution >= 4 is 23.2 Å². The molecule has 0 radical (unpaired) electrons. The molecule has 0 unspecified atom stereocenters. The second-order valence-corrected chi connectivity index (χ2v) is 6.15. The molecule has 0 spiro atoms. The molecule has 0 atom stereocenters. The lowest BCUT2D eigenvalue weighted by Crippen LogP contribution is -2.46. The third-order valence-corrected chi connectivity index (χ3v) is 4.07. The van der Waals surface area contributed by atoms with Crippen LogP contribution in [0, 0.1) is 0 Å². The molecule has 0 aliphatic heterocycles. The van der Waals surface area contributed by atoms with Crippen molar-refractivity contribution in [1.82, 2.24) is 16.2 Å². The number of thiocarbonyl (C=S) groups is 1. The summed E-state index contributed by atoms with van der Waals surface area (Å²) in [6.45, 7) is 3.08. The van der Waals surface area contributed by atoms with Crippen LogP contribution in [0.15, 0.2) is 48.5 Å². The number of aryl methyl sites for hydroxylation is 1. The van der Waals surface area contributed by atoms with Gasteiger partial charge in [-0.1, -0.05) is 30.3 Å². The summed E-state index contributed by atoms with van der Waals surface area (Å²) in [4.78, 5) is 12.0. The number of carbonyl (C=O) groups excluding carboxylic acids is 1. The van der Waals surface area contributed by atoms with Crippen LogP contribution in [0.3, 0.4) is 0 Å². The van der Waals surface area contributed by atoms with Crippen LogP contribution in [0.5, 0.6) is 11.5 Å². The topological polar surface area (TPSA) is 71.6 Å². The van der Waals surface area contributed by atoms with Crippen LogP contribution in [0.2, 0.25) is 0 Å². The largest absolute Gasteiger partial charge is 0.497 e. The maximum Gasteiger partial charge on any atom is 0.238 e. The van der Waals surface area contributed by atoms with Gasteiger partial charge in [-0.2, -0.15) is 0 Å². The molecule has 2 rings (SSSR count). The zero-order valence-electron chi connectivity index (χ0n) is 15.6. The van der Waals surface area contributed by atoms with Gasteiger partial charge in [0.05, 0.1) is 13.7 Å². The summed E-state index contributed by atoms with van der Waals surface area (Å²) in [5, 5.41) is 3.39. The molecule has 1 amide bonds. The number of para-hydroxylation sites is 1.